The molecule has 0 bridgehead atoms. The predicted molar refractivity (Wildman–Crippen MR) is 52.4 cm³/mol. The van der Waals surface area contributed by atoms with Crippen molar-refractivity contribution in [1.82, 2.24) is 0 Å². The van der Waals surface area contributed by atoms with E-state index in [4.69, 9.17) is 0 Å². The lowest BCUT2D eigenvalue weighted by molar-refractivity contribution is 0.350. The Hall–Kier alpha value is 0. The Labute approximate surface area is 72.4 Å². The molecule has 0 saturated heterocycles. The smallest absolute Gasteiger partial charge is 0.0389 e. The second kappa shape index (κ2) is 6.69. The van der Waals surface area contributed by atoms with Gasteiger partial charge in [0.15, 0.2) is 0 Å². The first-order chi connectivity index (χ1) is 5.22. The van der Waals surface area contributed by atoms with Crippen LogP contribution in [0.1, 0.15) is 52.9 Å². The molecule has 0 aliphatic heterocycles. The van der Waals surface area contributed by atoms with E-state index in [9.17, 15) is 0 Å². The van der Waals surface area contributed by atoms with E-state index < -0.39 is 0 Å². The van der Waals surface area contributed by atoms with Crippen LogP contribution in [0.2, 0.25) is 0 Å². The van der Waals surface area contributed by atoms with E-state index >= 15 is 0 Å². The maximum Gasteiger partial charge on any atom is -0.0389 e. The highest BCUT2D eigenvalue weighted by Gasteiger charge is 2.10. The third-order valence-corrected chi connectivity index (χ3v) is 2.39. The van der Waals surface area contributed by atoms with Crippen LogP contribution < -0.4 is 0 Å². The first-order valence-electron chi connectivity index (χ1n) is 5.05. The summed E-state index contributed by atoms with van der Waals surface area (Å²) in [5, 5.41) is 0. The van der Waals surface area contributed by atoms with Crippen LogP contribution >= 0.6 is 0 Å². The fraction of sp³-hybridized carbons (Fsp3) is 0.909. The minimum atomic E-state index is 0.640. The number of unbranched alkanes of at least 4 members (excludes halogenated alkanes) is 1. The first-order valence-corrected chi connectivity index (χ1v) is 5.05. The summed E-state index contributed by atoms with van der Waals surface area (Å²) >= 11 is 0. The molecule has 0 aromatic carbocycles. The molecule has 0 amide bonds. The molecule has 0 nitrogen and oxygen atoms in total. The minimum absolute atomic E-state index is 0.640. The van der Waals surface area contributed by atoms with Gasteiger partial charge >= 0.3 is 0 Å². The quantitative estimate of drug-likeness (QED) is 0.542. The van der Waals surface area contributed by atoms with Crippen LogP contribution in [0.15, 0.2) is 0 Å². The standard InChI is InChI=1S/C11H23/c1-5-7-9-11(8-6-2)10(3)4/h10-11H,3,5-9H2,1-2,4H3. The zero-order valence-corrected chi connectivity index (χ0v) is 8.40. The van der Waals surface area contributed by atoms with E-state index in [-0.39, 0.29) is 0 Å². The first kappa shape index (κ1) is 11.0. The summed E-state index contributed by atoms with van der Waals surface area (Å²) in [6.45, 7) is 10.9. The summed E-state index contributed by atoms with van der Waals surface area (Å²) < 4.78 is 0. The third-order valence-electron chi connectivity index (χ3n) is 2.39. The average Bonchev–Trinajstić information content (AvgIpc) is 1.97. The molecule has 0 fully saturated rings. The van der Waals surface area contributed by atoms with Gasteiger partial charge < -0.3 is 0 Å². The lowest BCUT2D eigenvalue weighted by Gasteiger charge is -2.19. The van der Waals surface area contributed by atoms with E-state index in [1.54, 1.807) is 0 Å². The topological polar surface area (TPSA) is 0 Å². The van der Waals surface area contributed by atoms with Crippen molar-refractivity contribution < 1.29 is 0 Å². The molecule has 0 spiro atoms. The van der Waals surface area contributed by atoms with Gasteiger partial charge in [0.25, 0.3) is 0 Å². The van der Waals surface area contributed by atoms with Crippen molar-refractivity contribution in [3.05, 3.63) is 6.92 Å². The van der Waals surface area contributed by atoms with Gasteiger partial charge in [0.1, 0.15) is 0 Å². The van der Waals surface area contributed by atoms with Crippen molar-refractivity contribution in [2.24, 2.45) is 11.8 Å². The summed E-state index contributed by atoms with van der Waals surface area (Å²) in [6, 6.07) is 0. The van der Waals surface area contributed by atoms with Crippen LogP contribution in [0.5, 0.6) is 0 Å². The van der Waals surface area contributed by atoms with Gasteiger partial charge in [0, 0.05) is 0 Å². The monoisotopic (exact) mass is 155 g/mol. The molecule has 67 valence electrons. The predicted octanol–water partition coefficient (Wildman–Crippen LogP) is 4.06. The van der Waals surface area contributed by atoms with Gasteiger partial charge in [0.2, 0.25) is 0 Å². The van der Waals surface area contributed by atoms with Crippen LogP contribution in [0, 0.1) is 18.8 Å². The number of rotatable bonds is 6. The molecule has 0 heteroatoms. The van der Waals surface area contributed by atoms with E-state index in [2.05, 4.69) is 27.7 Å². The molecular weight excluding hydrogens is 132 g/mol. The molecule has 0 heterocycles. The zero-order chi connectivity index (χ0) is 8.69. The maximum absolute atomic E-state index is 4.11. The molecule has 2 atom stereocenters. The second-order valence-corrected chi connectivity index (χ2v) is 3.67. The Morgan fingerprint density at radius 3 is 2.09 bits per heavy atom. The van der Waals surface area contributed by atoms with Crippen LogP contribution in [0.3, 0.4) is 0 Å². The maximum atomic E-state index is 4.11. The van der Waals surface area contributed by atoms with Crippen LogP contribution in [-0.4, -0.2) is 0 Å². The molecule has 11 heavy (non-hydrogen) atoms. The Morgan fingerprint density at radius 2 is 1.73 bits per heavy atom. The molecule has 0 saturated carbocycles. The summed E-state index contributed by atoms with van der Waals surface area (Å²) in [5.41, 5.74) is 0. The molecular formula is C11H23. The fourth-order valence-corrected chi connectivity index (χ4v) is 1.55. The largest absolute Gasteiger partial charge is 0.0654 e. The summed E-state index contributed by atoms with van der Waals surface area (Å²) in [4.78, 5) is 0. The van der Waals surface area contributed by atoms with E-state index in [1.807, 2.05) is 0 Å². The molecule has 0 N–H and O–H groups in total. The SMILES string of the molecule is [CH2]C(C)C(CCC)CCCC. The molecule has 0 aliphatic carbocycles. The van der Waals surface area contributed by atoms with Crippen molar-refractivity contribution in [3.8, 4) is 0 Å². The molecule has 0 aliphatic rings. The van der Waals surface area contributed by atoms with Crippen molar-refractivity contribution in [2.45, 2.75) is 52.9 Å². The van der Waals surface area contributed by atoms with Gasteiger partial charge in [-0.15, -0.1) is 0 Å². The van der Waals surface area contributed by atoms with Gasteiger partial charge in [-0.2, -0.15) is 0 Å². The van der Waals surface area contributed by atoms with Crippen molar-refractivity contribution in [1.29, 1.82) is 0 Å². The highest BCUT2D eigenvalue weighted by Crippen LogP contribution is 2.22. The van der Waals surface area contributed by atoms with Crippen LogP contribution in [-0.2, 0) is 0 Å². The average molecular weight is 155 g/mol. The number of hydrogen-bond donors (Lipinski definition) is 0. The highest BCUT2D eigenvalue weighted by atomic mass is 14.2. The van der Waals surface area contributed by atoms with E-state index in [0.717, 1.165) is 5.92 Å². The van der Waals surface area contributed by atoms with Crippen LogP contribution in [0.25, 0.3) is 0 Å². The van der Waals surface area contributed by atoms with Crippen molar-refractivity contribution >= 4 is 0 Å². The second-order valence-electron chi connectivity index (χ2n) is 3.67. The van der Waals surface area contributed by atoms with E-state index in [1.165, 1.54) is 32.1 Å². The minimum Gasteiger partial charge on any atom is -0.0654 e. The highest BCUT2D eigenvalue weighted by molar-refractivity contribution is 4.67. The Balaban J connectivity index is 3.51. The third kappa shape index (κ3) is 5.29. The van der Waals surface area contributed by atoms with Gasteiger partial charge in [0.05, 0.1) is 0 Å². The van der Waals surface area contributed by atoms with Crippen molar-refractivity contribution in [3.63, 3.8) is 0 Å². The summed E-state index contributed by atoms with van der Waals surface area (Å²) in [5.74, 6) is 1.52. The molecule has 0 rings (SSSR count). The molecule has 1 radical (unpaired) electrons. The van der Waals surface area contributed by atoms with Gasteiger partial charge in [-0.05, 0) is 11.8 Å². The van der Waals surface area contributed by atoms with Gasteiger partial charge in [-0.3, -0.25) is 0 Å². The van der Waals surface area contributed by atoms with Gasteiger partial charge in [-0.25, -0.2) is 0 Å². The van der Waals surface area contributed by atoms with E-state index in [0.29, 0.717) is 5.92 Å². The summed E-state index contributed by atoms with van der Waals surface area (Å²) in [6.07, 6.45) is 6.77. The van der Waals surface area contributed by atoms with Crippen molar-refractivity contribution in [2.75, 3.05) is 0 Å². The number of hydrogen-bond acceptors (Lipinski definition) is 0. The Kier molecular flexibility index (Phi) is 6.69. The van der Waals surface area contributed by atoms with Gasteiger partial charge in [-0.1, -0.05) is 59.8 Å². The molecule has 0 aromatic heterocycles. The lowest BCUT2D eigenvalue weighted by atomic mass is 9.87. The normalized spacial score (nSPS) is 13.9. The zero-order valence-electron chi connectivity index (χ0n) is 8.40. The molecule has 0 aromatic rings. The Bertz CT molecular complexity index is 74.1. The lowest BCUT2D eigenvalue weighted by Crippen LogP contribution is -2.08. The summed E-state index contributed by atoms with van der Waals surface area (Å²) in [7, 11) is 0. The Morgan fingerprint density at radius 1 is 1.09 bits per heavy atom. The van der Waals surface area contributed by atoms with Crippen LogP contribution in [0.4, 0.5) is 0 Å². The molecule has 2 unspecified atom stereocenters. The fourth-order valence-electron chi connectivity index (χ4n) is 1.55.